The van der Waals surface area contributed by atoms with E-state index in [0.29, 0.717) is 25.4 Å². The molecule has 3 heterocycles. The van der Waals surface area contributed by atoms with Gasteiger partial charge in [-0.3, -0.25) is 9.78 Å². The first kappa shape index (κ1) is 21.3. The van der Waals surface area contributed by atoms with E-state index in [1.165, 1.54) is 23.3 Å². The van der Waals surface area contributed by atoms with Crippen molar-refractivity contribution in [3.05, 3.63) is 101 Å². The molecule has 6 heteroatoms. The van der Waals surface area contributed by atoms with Gasteiger partial charge in [-0.2, -0.15) is 0 Å². The van der Waals surface area contributed by atoms with Gasteiger partial charge in [0.15, 0.2) is 0 Å². The van der Waals surface area contributed by atoms with Gasteiger partial charge in [0.05, 0.1) is 18.8 Å². The molecule has 0 saturated carbocycles. The predicted molar refractivity (Wildman–Crippen MR) is 126 cm³/mol. The van der Waals surface area contributed by atoms with Crippen LogP contribution in [0.3, 0.4) is 0 Å². The Morgan fingerprint density at radius 3 is 2.64 bits per heavy atom. The number of hydrogen-bond donors (Lipinski definition) is 0. The largest absolute Gasteiger partial charge is 0.368 e. The van der Waals surface area contributed by atoms with Crippen molar-refractivity contribution in [2.75, 3.05) is 19.7 Å². The minimum atomic E-state index is -0.310. The van der Waals surface area contributed by atoms with Crippen LogP contribution < -0.4 is 0 Å². The van der Waals surface area contributed by atoms with Gasteiger partial charge in [-0.05, 0) is 54.8 Å². The van der Waals surface area contributed by atoms with Crippen LogP contribution in [-0.4, -0.2) is 40.1 Å². The summed E-state index contributed by atoms with van der Waals surface area (Å²) in [4.78, 5) is 19.7. The first-order valence-corrected chi connectivity index (χ1v) is 11.1. The van der Waals surface area contributed by atoms with Crippen LogP contribution in [0.5, 0.6) is 0 Å². The zero-order valence-corrected chi connectivity index (χ0v) is 18.8. The Bertz CT molecular complexity index is 1300. The molecule has 0 N–H and O–H groups in total. The number of halogens is 1. The van der Waals surface area contributed by atoms with Crippen molar-refractivity contribution >= 4 is 16.8 Å². The Hall–Kier alpha value is -3.51. The number of carbonyl (C=O) groups excluding carboxylic acids is 1. The molecule has 2 aromatic carbocycles. The minimum Gasteiger partial charge on any atom is -0.368 e. The normalized spacial score (nSPS) is 16.3. The number of pyridine rings is 1. The van der Waals surface area contributed by atoms with Crippen LogP contribution in [0.15, 0.2) is 66.9 Å². The molecular weight excluding hydrogens is 417 g/mol. The van der Waals surface area contributed by atoms with Crippen LogP contribution in [0.25, 0.3) is 10.9 Å². The highest BCUT2D eigenvalue weighted by molar-refractivity contribution is 5.98. The molecule has 5 rings (SSSR count). The van der Waals surface area contributed by atoms with E-state index in [2.05, 4.69) is 42.2 Å². The number of aryl methyl sites for hydroxylation is 2. The second-order valence-electron chi connectivity index (χ2n) is 8.66. The SMILES string of the molecule is Cc1ccc(Cc2ccc(C3CN(C(=O)c4cc5cc(F)ccc5n4C)CCO3)nc2)cc1. The number of fused-ring (bicyclic) bond motifs is 1. The molecule has 4 aromatic rings. The Morgan fingerprint density at radius 2 is 1.88 bits per heavy atom. The zero-order chi connectivity index (χ0) is 22.9. The number of nitrogens with zero attached hydrogens (tertiary/aromatic N) is 3. The lowest BCUT2D eigenvalue weighted by Gasteiger charge is -2.32. The Kier molecular flexibility index (Phi) is 5.68. The van der Waals surface area contributed by atoms with Gasteiger partial charge >= 0.3 is 0 Å². The van der Waals surface area contributed by atoms with Crippen LogP contribution in [0, 0.1) is 12.7 Å². The monoisotopic (exact) mass is 443 g/mol. The van der Waals surface area contributed by atoms with E-state index in [4.69, 9.17) is 4.74 Å². The quantitative estimate of drug-likeness (QED) is 0.454. The summed E-state index contributed by atoms with van der Waals surface area (Å²) in [6, 6.07) is 18.9. The average molecular weight is 444 g/mol. The highest BCUT2D eigenvalue weighted by Gasteiger charge is 2.28. The predicted octanol–water partition coefficient (Wildman–Crippen LogP) is 4.83. The molecule has 168 valence electrons. The smallest absolute Gasteiger partial charge is 0.270 e. The summed E-state index contributed by atoms with van der Waals surface area (Å²) in [5, 5.41) is 0.719. The molecule has 1 amide bonds. The van der Waals surface area contributed by atoms with E-state index < -0.39 is 0 Å². The maximum absolute atomic E-state index is 13.6. The van der Waals surface area contributed by atoms with E-state index in [1.54, 1.807) is 17.0 Å². The number of aromatic nitrogens is 2. The molecule has 1 fully saturated rings. The van der Waals surface area contributed by atoms with Crippen LogP contribution in [0.4, 0.5) is 4.39 Å². The van der Waals surface area contributed by atoms with Gasteiger partial charge in [0.2, 0.25) is 0 Å². The van der Waals surface area contributed by atoms with Gasteiger partial charge in [0.1, 0.15) is 17.6 Å². The van der Waals surface area contributed by atoms with Gasteiger partial charge in [-0.25, -0.2) is 4.39 Å². The van der Waals surface area contributed by atoms with Gasteiger partial charge in [-0.1, -0.05) is 35.9 Å². The van der Waals surface area contributed by atoms with Crippen molar-refractivity contribution in [1.29, 1.82) is 0 Å². The number of benzene rings is 2. The summed E-state index contributed by atoms with van der Waals surface area (Å²) in [5.41, 5.74) is 5.81. The van der Waals surface area contributed by atoms with E-state index in [-0.39, 0.29) is 17.8 Å². The number of carbonyl (C=O) groups is 1. The Labute approximate surface area is 192 Å². The lowest BCUT2D eigenvalue weighted by atomic mass is 10.0. The Balaban J connectivity index is 1.30. The standard InChI is InChI=1S/C27H26FN3O2/c1-18-3-5-19(6-4-18)13-20-7-9-23(29-16-20)26-17-31(11-12-33-26)27(32)25-15-21-14-22(28)8-10-24(21)30(25)2/h3-10,14-16,26H,11-13,17H2,1-2H3. The number of morpholine rings is 1. The first-order chi connectivity index (χ1) is 16.0. The zero-order valence-electron chi connectivity index (χ0n) is 18.8. The summed E-state index contributed by atoms with van der Waals surface area (Å²) in [6.45, 7) is 3.47. The summed E-state index contributed by atoms with van der Waals surface area (Å²) in [6.07, 6.45) is 2.44. The van der Waals surface area contributed by atoms with Crippen molar-refractivity contribution in [3.63, 3.8) is 0 Å². The summed E-state index contributed by atoms with van der Waals surface area (Å²) in [5.74, 6) is -0.395. The molecular formula is C27H26FN3O2. The van der Waals surface area contributed by atoms with Crippen LogP contribution in [0.1, 0.15) is 39.0 Å². The van der Waals surface area contributed by atoms with Crippen molar-refractivity contribution in [1.82, 2.24) is 14.5 Å². The molecule has 0 radical (unpaired) electrons. The molecule has 1 atom stereocenters. The third kappa shape index (κ3) is 4.39. The van der Waals surface area contributed by atoms with Gasteiger partial charge < -0.3 is 14.2 Å². The van der Waals surface area contributed by atoms with Crippen LogP contribution in [0.2, 0.25) is 0 Å². The molecule has 0 aliphatic carbocycles. The highest BCUT2D eigenvalue weighted by atomic mass is 19.1. The summed E-state index contributed by atoms with van der Waals surface area (Å²) >= 11 is 0. The number of hydrogen-bond acceptors (Lipinski definition) is 3. The fourth-order valence-electron chi connectivity index (χ4n) is 4.37. The van der Waals surface area contributed by atoms with Crippen molar-refractivity contribution in [2.24, 2.45) is 7.05 Å². The molecule has 1 aliphatic heterocycles. The van der Waals surface area contributed by atoms with Crippen LogP contribution >= 0.6 is 0 Å². The van der Waals surface area contributed by atoms with Gasteiger partial charge in [0.25, 0.3) is 5.91 Å². The highest BCUT2D eigenvalue weighted by Crippen LogP contribution is 2.25. The maximum Gasteiger partial charge on any atom is 0.270 e. The topological polar surface area (TPSA) is 47.4 Å². The van der Waals surface area contributed by atoms with E-state index in [0.717, 1.165) is 28.6 Å². The fraction of sp³-hybridized carbons (Fsp3) is 0.259. The van der Waals surface area contributed by atoms with Crippen LogP contribution in [-0.2, 0) is 18.2 Å². The first-order valence-electron chi connectivity index (χ1n) is 11.1. The molecule has 5 nitrogen and oxygen atoms in total. The van der Waals surface area contributed by atoms with Crippen molar-refractivity contribution in [3.8, 4) is 0 Å². The van der Waals surface area contributed by atoms with Gasteiger partial charge in [0, 0.05) is 30.7 Å². The van der Waals surface area contributed by atoms with E-state index in [1.807, 2.05) is 23.9 Å². The molecule has 33 heavy (non-hydrogen) atoms. The molecule has 1 unspecified atom stereocenters. The molecule has 0 bridgehead atoms. The molecule has 0 spiro atoms. The average Bonchev–Trinajstić information content (AvgIpc) is 3.16. The third-order valence-corrected chi connectivity index (χ3v) is 6.28. The van der Waals surface area contributed by atoms with Crippen molar-refractivity contribution in [2.45, 2.75) is 19.4 Å². The van der Waals surface area contributed by atoms with E-state index >= 15 is 0 Å². The fourth-order valence-corrected chi connectivity index (χ4v) is 4.37. The molecule has 1 aliphatic rings. The number of ether oxygens (including phenoxy) is 1. The lowest BCUT2D eigenvalue weighted by molar-refractivity contribution is -0.0250. The lowest BCUT2D eigenvalue weighted by Crippen LogP contribution is -2.43. The third-order valence-electron chi connectivity index (χ3n) is 6.28. The van der Waals surface area contributed by atoms with E-state index in [9.17, 15) is 9.18 Å². The van der Waals surface area contributed by atoms with Gasteiger partial charge in [-0.15, -0.1) is 0 Å². The summed E-state index contributed by atoms with van der Waals surface area (Å²) < 4.78 is 21.4. The number of amides is 1. The second kappa shape index (κ2) is 8.79. The maximum atomic E-state index is 13.6. The summed E-state index contributed by atoms with van der Waals surface area (Å²) in [7, 11) is 1.83. The van der Waals surface area contributed by atoms with Crippen molar-refractivity contribution < 1.29 is 13.9 Å². The molecule has 2 aromatic heterocycles. The molecule has 1 saturated heterocycles. The minimum absolute atomic E-state index is 0.0848. The number of rotatable bonds is 4. The Morgan fingerprint density at radius 1 is 1.09 bits per heavy atom. The second-order valence-corrected chi connectivity index (χ2v) is 8.66.